The number of hydrogen-bond acceptors (Lipinski definition) is 4. The summed E-state index contributed by atoms with van der Waals surface area (Å²) < 4.78 is 0. The second-order valence-corrected chi connectivity index (χ2v) is 5.91. The van der Waals surface area contributed by atoms with E-state index >= 15 is 0 Å². The van der Waals surface area contributed by atoms with Crippen LogP contribution in [0.15, 0.2) is 35.7 Å². The molecule has 2 heterocycles. The van der Waals surface area contributed by atoms with Gasteiger partial charge in [-0.2, -0.15) is 0 Å². The summed E-state index contributed by atoms with van der Waals surface area (Å²) in [6, 6.07) is 7.48. The van der Waals surface area contributed by atoms with Crippen molar-refractivity contribution < 1.29 is 14.7 Å². The van der Waals surface area contributed by atoms with Gasteiger partial charge in [-0.3, -0.25) is 4.79 Å². The topological polar surface area (TPSA) is 83.6 Å². The number of hydrogen-bond donors (Lipinski definition) is 2. The third kappa shape index (κ3) is 2.38. The van der Waals surface area contributed by atoms with Crippen LogP contribution in [0.4, 0.5) is 5.69 Å². The third-order valence-corrected chi connectivity index (χ3v) is 4.59. The van der Waals surface area contributed by atoms with Crippen molar-refractivity contribution in [1.82, 2.24) is 4.90 Å². The standard InChI is InChI=1S/C15H14N2O3S/c16-10-3-1-2-9(8-10)14(18)17-6-4-12-11(5-7-21-12)13(17)15(19)20/h1-3,5,7-8,13H,4,6,16H2,(H,19,20). The number of amides is 1. The van der Waals surface area contributed by atoms with Gasteiger partial charge in [0.1, 0.15) is 0 Å². The van der Waals surface area contributed by atoms with E-state index in [0.717, 1.165) is 10.4 Å². The van der Waals surface area contributed by atoms with Gasteiger partial charge in [-0.1, -0.05) is 6.07 Å². The molecule has 0 radical (unpaired) electrons. The number of benzene rings is 1. The molecule has 2 aromatic rings. The van der Waals surface area contributed by atoms with Crippen LogP contribution in [0.1, 0.15) is 26.8 Å². The predicted molar refractivity (Wildman–Crippen MR) is 80.3 cm³/mol. The number of rotatable bonds is 2. The number of thiophene rings is 1. The molecule has 1 aliphatic heterocycles. The molecule has 108 valence electrons. The molecule has 0 saturated heterocycles. The van der Waals surface area contributed by atoms with Gasteiger partial charge in [0.25, 0.3) is 5.91 Å². The van der Waals surface area contributed by atoms with E-state index in [2.05, 4.69) is 0 Å². The Morgan fingerprint density at radius 2 is 2.14 bits per heavy atom. The largest absolute Gasteiger partial charge is 0.479 e. The predicted octanol–water partition coefficient (Wildman–Crippen LogP) is 2.15. The van der Waals surface area contributed by atoms with Crippen LogP contribution in [0, 0.1) is 0 Å². The highest BCUT2D eigenvalue weighted by Crippen LogP contribution is 2.34. The Kier molecular flexibility index (Phi) is 3.39. The van der Waals surface area contributed by atoms with Crippen LogP contribution >= 0.6 is 11.3 Å². The zero-order valence-electron chi connectivity index (χ0n) is 11.2. The fourth-order valence-electron chi connectivity index (χ4n) is 2.64. The average molecular weight is 302 g/mol. The highest BCUT2D eigenvalue weighted by molar-refractivity contribution is 7.10. The van der Waals surface area contributed by atoms with Crippen molar-refractivity contribution in [3.63, 3.8) is 0 Å². The molecule has 0 saturated carbocycles. The fourth-order valence-corrected chi connectivity index (χ4v) is 3.54. The monoisotopic (exact) mass is 302 g/mol. The van der Waals surface area contributed by atoms with Crippen LogP contribution in [0.3, 0.4) is 0 Å². The molecular weight excluding hydrogens is 288 g/mol. The van der Waals surface area contributed by atoms with Crippen molar-refractivity contribution in [2.75, 3.05) is 12.3 Å². The molecule has 0 spiro atoms. The van der Waals surface area contributed by atoms with E-state index in [4.69, 9.17) is 5.73 Å². The van der Waals surface area contributed by atoms with Gasteiger partial charge in [-0.25, -0.2) is 4.79 Å². The number of carboxylic acids is 1. The van der Waals surface area contributed by atoms with Crippen LogP contribution in [0.2, 0.25) is 0 Å². The molecule has 0 aliphatic carbocycles. The Bertz CT molecular complexity index is 710. The Hall–Kier alpha value is -2.34. The van der Waals surface area contributed by atoms with E-state index < -0.39 is 12.0 Å². The van der Waals surface area contributed by atoms with E-state index in [1.807, 2.05) is 5.38 Å². The summed E-state index contributed by atoms with van der Waals surface area (Å²) in [5, 5.41) is 11.4. The van der Waals surface area contributed by atoms with Gasteiger partial charge in [0.15, 0.2) is 6.04 Å². The maximum Gasteiger partial charge on any atom is 0.331 e. The van der Waals surface area contributed by atoms with Gasteiger partial charge >= 0.3 is 5.97 Å². The van der Waals surface area contributed by atoms with Crippen LogP contribution in [-0.2, 0) is 11.2 Å². The van der Waals surface area contributed by atoms with E-state index in [0.29, 0.717) is 24.2 Å². The summed E-state index contributed by atoms with van der Waals surface area (Å²) in [5.74, 6) is -1.31. The Labute approximate surface area is 125 Å². The zero-order valence-corrected chi connectivity index (χ0v) is 12.0. The Morgan fingerprint density at radius 1 is 1.33 bits per heavy atom. The SMILES string of the molecule is Nc1cccc(C(=O)N2CCc3sccc3C2C(=O)O)c1. The van der Waals surface area contributed by atoms with Crippen molar-refractivity contribution in [3.05, 3.63) is 51.7 Å². The molecule has 0 bridgehead atoms. The highest BCUT2D eigenvalue weighted by atomic mass is 32.1. The maximum atomic E-state index is 12.6. The molecule has 3 rings (SSSR count). The van der Waals surface area contributed by atoms with Crippen molar-refractivity contribution >= 4 is 28.9 Å². The number of carbonyl (C=O) groups is 2. The summed E-state index contributed by atoms with van der Waals surface area (Å²) in [6.07, 6.45) is 0.685. The molecular formula is C15H14N2O3S. The number of carboxylic acid groups (broad SMARTS) is 1. The Balaban J connectivity index is 1.98. The Morgan fingerprint density at radius 3 is 2.86 bits per heavy atom. The lowest BCUT2D eigenvalue weighted by atomic mass is 9.99. The second-order valence-electron chi connectivity index (χ2n) is 4.91. The number of carbonyl (C=O) groups excluding carboxylic acids is 1. The van der Waals surface area contributed by atoms with Crippen molar-refractivity contribution in [1.29, 1.82) is 0 Å². The lowest BCUT2D eigenvalue weighted by Crippen LogP contribution is -2.43. The van der Waals surface area contributed by atoms with Crippen LogP contribution < -0.4 is 5.73 Å². The first-order chi connectivity index (χ1) is 10.1. The van der Waals surface area contributed by atoms with E-state index in [-0.39, 0.29) is 5.91 Å². The quantitative estimate of drug-likeness (QED) is 0.833. The summed E-state index contributed by atoms with van der Waals surface area (Å²) in [4.78, 5) is 26.7. The highest BCUT2D eigenvalue weighted by Gasteiger charge is 2.36. The average Bonchev–Trinajstić information content (AvgIpc) is 2.93. The van der Waals surface area contributed by atoms with Crippen molar-refractivity contribution in [2.45, 2.75) is 12.5 Å². The number of nitrogens with zero attached hydrogens (tertiary/aromatic N) is 1. The third-order valence-electron chi connectivity index (χ3n) is 3.59. The summed E-state index contributed by atoms with van der Waals surface area (Å²) in [5.41, 5.74) is 7.32. The first-order valence-corrected chi connectivity index (χ1v) is 7.41. The molecule has 1 amide bonds. The smallest absolute Gasteiger partial charge is 0.331 e. The normalized spacial score (nSPS) is 17.3. The summed E-state index contributed by atoms with van der Waals surface area (Å²) in [7, 11) is 0. The van der Waals surface area contributed by atoms with Gasteiger partial charge in [0, 0.05) is 22.7 Å². The van der Waals surface area contributed by atoms with Crippen LogP contribution in [-0.4, -0.2) is 28.4 Å². The van der Waals surface area contributed by atoms with E-state index in [1.165, 1.54) is 16.2 Å². The van der Waals surface area contributed by atoms with Crippen LogP contribution in [0.5, 0.6) is 0 Å². The maximum absolute atomic E-state index is 12.6. The first kappa shape index (κ1) is 13.6. The summed E-state index contributed by atoms with van der Waals surface area (Å²) in [6.45, 7) is 0.401. The fraction of sp³-hybridized carbons (Fsp3) is 0.200. The minimum Gasteiger partial charge on any atom is -0.479 e. The van der Waals surface area contributed by atoms with E-state index in [9.17, 15) is 14.7 Å². The van der Waals surface area contributed by atoms with E-state index in [1.54, 1.807) is 30.3 Å². The molecule has 1 atom stereocenters. The molecule has 1 unspecified atom stereocenters. The molecule has 1 aromatic heterocycles. The number of fused-ring (bicyclic) bond motifs is 1. The number of aliphatic carboxylic acids is 1. The van der Waals surface area contributed by atoms with Crippen LogP contribution in [0.25, 0.3) is 0 Å². The van der Waals surface area contributed by atoms with Gasteiger partial charge in [0.2, 0.25) is 0 Å². The van der Waals surface area contributed by atoms with Crippen molar-refractivity contribution in [2.24, 2.45) is 0 Å². The molecule has 3 N–H and O–H groups in total. The zero-order chi connectivity index (χ0) is 15.0. The molecule has 0 fully saturated rings. The van der Waals surface area contributed by atoms with Gasteiger partial charge in [-0.05, 0) is 41.6 Å². The molecule has 5 nitrogen and oxygen atoms in total. The van der Waals surface area contributed by atoms with Gasteiger partial charge < -0.3 is 15.7 Å². The summed E-state index contributed by atoms with van der Waals surface area (Å²) >= 11 is 1.54. The number of anilines is 1. The lowest BCUT2D eigenvalue weighted by molar-refractivity contribution is -0.142. The van der Waals surface area contributed by atoms with Gasteiger partial charge in [-0.15, -0.1) is 11.3 Å². The minimum atomic E-state index is -1.01. The molecule has 21 heavy (non-hydrogen) atoms. The number of nitrogens with two attached hydrogens (primary N) is 1. The second kappa shape index (κ2) is 5.21. The molecule has 6 heteroatoms. The van der Waals surface area contributed by atoms with Gasteiger partial charge in [0.05, 0.1) is 0 Å². The molecule has 1 aliphatic rings. The number of nitrogen functional groups attached to an aromatic ring is 1. The molecule has 1 aromatic carbocycles. The van der Waals surface area contributed by atoms with Crippen molar-refractivity contribution in [3.8, 4) is 0 Å². The first-order valence-electron chi connectivity index (χ1n) is 6.53. The minimum absolute atomic E-state index is 0.299. The lowest BCUT2D eigenvalue weighted by Gasteiger charge is -2.33.